The standard InChI is InChI=1S/C12H6BF3/c13-9-3-1-7(5-11(9)15)8-2-4-10(14)12(16)6-8/h1-6H. The average Bonchev–Trinajstić information content (AvgIpc) is 2.26. The van der Waals surface area contributed by atoms with Gasteiger partial charge in [-0.25, -0.2) is 13.2 Å². The lowest BCUT2D eigenvalue weighted by Crippen LogP contribution is -2.07. The van der Waals surface area contributed by atoms with Gasteiger partial charge in [0.1, 0.15) is 13.7 Å². The number of halogens is 3. The third-order valence-corrected chi connectivity index (χ3v) is 2.25. The molecular formula is C12H6BF3. The van der Waals surface area contributed by atoms with E-state index in [0.717, 1.165) is 12.1 Å². The van der Waals surface area contributed by atoms with Crippen LogP contribution in [-0.4, -0.2) is 7.85 Å². The van der Waals surface area contributed by atoms with Gasteiger partial charge in [-0.05, 0) is 29.3 Å². The van der Waals surface area contributed by atoms with E-state index in [-0.39, 0.29) is 5.46 Å². The van der Waals surface area contributed by atoms with Crippen LogP contribution >= 0.6 is 0 Å². The summed E-state index contributed by atoms with van der Waals surface area (Å²) < 4.78 is 38.8. The van der Waals surface area contributed by atoms with Crippen molar-refractivity contribution in [3.63, 3.8) is 0 Å². The van der Waals surface area contributed by atoms with Gasteiger partial charge in [-0.2, -0.15) is 0 Å². The molecule has 0 nitrogen and oxygen atoms in total. The van der Waals surface area contributed by atoms with Crippen molar-refractivity contribution in [2.24, 2.45) is 0 Å². The van der Waals surface area contributed by atoms with Crippen LogP contribution in [0.25, 0.3) is 11.1 Å². The van der Waals surface area contributed by atoms with Crippen LogP contribution in [-0.2, 0) is 0 Å². The van der Waals surface area contributed by atoms with E-state index in [1.54, 1.807) is 6.07 Å². The van der Waals surface area contributed by atoms with Gasteiger partial charge in [0.2, 0.25) is 0 Å². The monoisotopic (exact) mass is 218 g/mol. The highest BCUT2D eigenvalue weighted by Gasteiger charge is 2.06. The quantitative estimate of drug-likeness (QED) is 0.645. The Labute approximate surface area is 92.1 Å². The lowest BCUT2D eigenvalue weighted by Gasteiger charge is -2.04. The fourth-order valence-corrected chi connectivity index (χ4v) is 1.38. The van der Waals surface area contributed by atoms with Gasteiger partial charge < -0.3 is 0 Å². The minimum Gasteiger partial charge on any atom is -0.208 e. The van der Waals surface area contributed by atoms with Gasteiger partial charge in [0.15, 0.2) is 11.6 Å². The van der Waals surface area contributed by atoms with Crippen molar-refractivity contribution >= 4 is 13.3 Å². The first-order chi connectivity index (χ1) is 7.58. The zero-order chi connectivity index (χ0) is 11.7. The molecule has 0 spiro atoms. The second kappa shape index (κ2) is 4.04. The van der Waals surface area contributed by atoms with Crippen LogP contribution in [0.5, 0.6) is 0 Å². The van der Waals surface area contributed by atoms with Crippen LogP contribution in [0.2, 0.25) is 0 Å². The molecule has 16 heavy (non-hydrogen) atoms. The molecule has 0 aliphatic heterocycles. The molecule has 0 aliphatic carbocycles. The Morgan fingerprint density at radius 2 is 1.25 bits per heavy atom. The van der Waals surface area contributed by atoms with Gasteiger partial charge in [0.25, 0.3) is 0 Å². The van der Waals surface area contributed by atoms with E-state index in [4.69, 9.17) is 7.85 Å². The van der Waals surface area contributed by atoms with Crippen LogP contribution in [0.15, 0.2) is 36.4 Å². The van der Waals surface area contributed by atoms with Gasteiger partial charge in [0, 0.05) is 0 Å². The number of hydrogen-bond acceptors (Lipinski definition) is 0. The Morgan fingerprint density at radius 3 is 1.81 bits per heavy atom. The minimum atomic E-state index is -0.963. The zero-order valence-corrected chi connectivity index (χ0v) is 8.18. The van der Waals surface area contributed by atoms with Crippen molar-refractivity contribution in [3.05, 3.63) is 53.8 Å². The van der Waals surface area contributed by atoms with E-state index in [0.29, 0.717) is 11.1 Å². The van der Waals surface area contributed by atoms with E-state index in [1.165, 1.54) is 18.2 Å². The maximum Gasteiger partial charge on any atom is 0.159 e. The largest absolute Gasteiger partial charge is 0.208 e. The van der Waals surface area contributed by atoms with Crippen molar-refractivity contribution in [1.82, 2.24) is 0 Å². The molecule has 2 radical (unpaired) electrons. The van der Waals surface area contributed by atoms with Gasteiger partial charge in [-0.1, -0.05) is 23.7 Å². The normalized spacial score (nSPS) is 10.4. The zero-order valence-electron chi connectivity index (χ0n) is 8.18. The maximum absolute atomic E-state index is 13.2. The van der Waals surface area contributed by atoms with Crippen molar-refractivity contribution < 1.29 is 13.2 Å². The molecule has 0 unspecified atom stereocenters. The summed E-state index contributed by atoms with van der Waals surface area (Å²) in [6.07, 6.45) is 0. The fraction of sp³-hybridized carbons (Fsp3) is 0. The molecule has 0 atom stereocenters. The van der Waals surface area contributed by atoms with E-state index in [1.807, 2.05) is 0 Å². The van der Waals surface area contributed by atoms with Crippen LogP contribution in [0.4, 0.5) is 13.2 Å². The molecule has 0 aromatic heterocycles. The Bertz CT molecular complexity index is 488. The van der Waals surface area contributed by atoms with Crippen LogP contribution in [0, 0.1) is 17.5 Å². The van der Waals surface area contributed by atoms with E-state index < -0.39 is 17.5 Å². The van der Waals surface area contributed by atoms with Crippen molar-refractivity contribution in [2.75, 3.05) is 0 Å². The molecule has 0 heterocycles. The molecule has 2 aromatic carbocycles. The molecule has 0 saturated heterocycles. The summed E-state index contributed by atoms with van der Waals surface area (Å²) in [5.74, 6) is -2.48. The molecule has 0 bridgehead atoms. The molecule has 0 fully saturated rings. The SMILES string of the molecule is [B]c1ccc(-c2ccc(F)c(F)c2)cc1F. The summed E-state index contributed by atoms with van der Waals surface area (Å²) in [5, 5.41) is 0. The Kier molecular flexibility index (Phi) is 2.73. The Morgan fingerprint density at radius 1 is 0.688 bits per heavy atom. The van der Waals surface area contributed by atoms with Crippen molar-refractivity contribution in [3.8, 4) is 11.1 Å². The van der Waals surface area contributed by atoms with Gasteiger partial charge in [0.05, 0.1) is 0 Å². The lowest BCUT2D eigenvalue weighted by atomic mass is 9.93. The second-order valence-electron chi connectivity index (χ2n) is 3.37. The van der Waals surface area contributed by atoms with Crippen molar-refractivity contribution in [2.45, 2.75) is 0 Å². The molecule has 2 rings (SSSR count). The maximum atomic E-state index is 13.2. The number of benzene rings is 2. The smallest absolute Gasteiger partial charge is 0.159 e. The van der Waals surface area contributed by atoms with Crippen LogP contribution < -0.4 is 5.46 Å². The minimum absolute atomic E-state index is 0.0198. The Hall–Kier alpha value is -1.71. The number of rotatable bonds is 1. The van der Waals surface area contributed by atoms with Gasteiger partial charge >= 0.3 is 0 Å². The first-order valence-corrected chi connectivity index (χ1v) is 4.58. The van der Waals surface area contributed by atoms with E-state index in [9.17, 15) is 13.2 Å². The molecule has 0 aliphatic rings. The van der Waals surface area contributed by atoms with Gasteiger partial charge in [-0.15, -0.1) is 0 Å². The van der Waals surface area contributed by atoms with Gasteiger partial charge in [-0.3, -0.25) is 0 Å². The second-order valence-corrected chi connectivity index (χ2v) is 3.37. The molecule has 0 N–H and O–H groups in total. The van der Waals surface area contributed by atoms with E-state index in [2.05, 4.69) is 0 Å². The summed E-state index contributed by atoms with van der Waals surface area (Å²) >= 11 is 0. The summed E-state index contributed by atoms with van der Waals surface area (Å²) in [6.45, 7) is 0. The predicted octanol–water partition coefficient (Wildman–Crippen LogP) is 2.56. The first-order valence-electron chi connectivity index (χ1n) is 4.58. The predicted molar refractivity (Wildman–Crippen MR) is 57.1 cm³/mol. The third-order valence-electron chi connectivity index (χ3n) is 2.25. The van der Waals surface area contributed by atoms with Crippen LogP contribution in [0.1, 0.15) is 0 Å². The summed E-state index contributed by atoms with van der Waals surface area (Å²) in [4.78, 5) is 0. The summed E-state index contributed by atoms with van der Waals surface area (Å²) in [7, 11) is 5.31. The fourth-order valence-electron chi connectivity index (χ4n) is 1.38. The first kappa shape index (κ1) is 10.8. The molecule has 78 valence electrons. The average molecular weight is 218 g/mol. The molecular weight excluding hydrogens is 212 g/mol. The lowest BCUT2D eigenvalue weighted by molar-refractivity contribution is 0.509. The molecule has 0 saturated carbocycles. The highest BCUT2D eigenvalue weighted by atomic mass is 19.2. The molecule has 4 heteroatoms. The Balaban J connectivity index is 2.50. The van der Waals surface area contributed by atoms with E-state index >= 15 is 0 Å². The molecule has 0 amide bonds. The summed E-state index contributed by atoms with van der Waals surface area (Å²) in [5.41, 5.74) is 0.870. The topological polar surface area (TPSA) is 0 Å². The summed E-state index contributed by atoms with van der Waals surface area (Å²) in [6, 6.07) is 7.50. The highest BCUT2D eigenvalue weighted by molar-refractivity contribution is 6.32. The van der Waals surface area contributed by atoms with Crippen LogP contribution in [0.3, 0.4) is 0 Å². The third kappa shape index (κ3) is 1.96. The molecule has 2 aromatic rings. The highest BCUT2D eigenvalue weighted by Crippen LogP contribution is 2.21. The van der Waals surface area contributed by atoms with Crippen molar-refractivity contribution in [1.29, 1.82) is 0 Å². The number of hydrogen-bond donors (Lipinski definition) is 0.